The Bertz CT molecular complexity index is 1250. The van der Waals surface area contributed by atoms with E-state index in [0.29, 0.717) is 15.9 Å². The van der Waals surface area contributed by atoms with Gasteiger partial charge in [-0.3, -0.25) is 24.0 Å². The second kappa shape index (κ2) is 13.5. The maximum atomic E-state index is 12.0. The van der Waals surface area contributed by atoms with E-state index in [1.54, 1.807) is 24.3 Å². The molecule has 0 radical (unpaired) electrons. The van der Waals surface area contributed by atoms with Gasteiger partial charge < -0.3 is 38.6 Å². The summed E-state index contributed by atoms with van der Waals surface area (Å²) in [4.78, 5) is 64.0. The van der Waals surface area contributed by atoms with Gasteiger partial charge in [0.2, 0.25) is 11.8 Å². The van der Waals surface area contributed by atoms with Crippen LogP contribution >= 0.6 is 0 Å². The van der Waals surface area contributed by atoms with Gasteiger partial charge in [0, 0.05) is 39.8 Å². The number of carbonyl (C=O) groups excluding carboxylic acids is 5. The number of hydrogen-bond acceptors (Lipinski definition) is 14. The SMILES string of the molecule is CC(=O)OC[C@H]1O[C@@H](c2ccc(COC(=O)On3c(O)ccc3O)cc2)[C@H](OC(C)=O)[C@@H](OC(C)=O)[C@@H]1OC(C)=O. The van der Waals surface area contributed by atoms with E-state index in [2.05, 4.69) is 0 Å². The molecule has 2 N–H and O–H groups in total. The normalized spacial score (nSPS) is 21.7. The van der Waals surface area contributed by atoms with Crippen molar-refractivity contribution in [3.8, 4) is 11.8 Å². The minimum Gasteiger partial charge on any atom is -0.492 e. The topological polar surface area (TPSA) is 195 Å². The van der Waals surface area contributed by atoms with E-state index in [-0.39, 0.29) is 13.2 Å². The van der Waals surface area contributed by atoms with Gasteiger partial charge in [0.1, 0.15) is 25.4 Å². The monoisotopic (exact) mass is 579 g/mol. The molecule has 1 aliphatic rings. The van der Waals surface area contributed by atoms with Crippen molar-refractivity contribution in [2.24, 2.45) is 0 Å². The van der Waals surface area contributed by atoms with Crippen molar-refractivity contribution in [3.05, 3.63) is 47.5 Å². The average molecular weight is 580 g/mol. The van der Waals surface area contributed by atoms with Gasteiger partial charge in [-0.2, -0.15) is 0 Å². The van der Waals surface area contributed by atoms with Gasteiger partial charge in [0.15, 0.2) is 18.3 Å². The lowest BCUT2D eigenvalue weighted by Gasteiger charge is -2.44. The first kappa shape index (κ1) is 30.7. The first-order chi connectivity index (χ1) is 19.3. The van der Waals surface area contributed by atoms with E-state index in [4.69, 9.17) is 33.3 Å². The van der Waals surface area contributed by atoms with Crippen LogP contribution in [0.2, 0.25) is 0 Å². The lowest BCUT2D eigenvalue weighted by molar-refractivity contribution is -0.254. The van der Waals surface area contributed by atoms with Crippen molar-refractivity contribution in [1.29, 1.82) is 0 Å². The fourth-order valence-electron chi connectivity index (χ4n) is 4.04. The van der Waals surface area contributed by atoms with Crippen LogP contribution in [0.15, 0.2) is 36.4 Å². The number of ether oxygens (including phenoxy) is 6. The maximum absolute atomic E-state index is 12.0. The molecule has 0 aliphatic carbocycles. The van der Waals surface area contributed by atoms with Gasteiger partial charge in [-0.15, -0.1) is 4.73 Å². The number of aromatic nitrogens is 1. The van der Waals surface area contributed by atoms with Crippen molar-refractivity contribution < 1.29 is 67.4 Å². The largest absolute Gasteiger partial charge is 0.534 e. The van der Waals surface area contributed by atoms with Gasteiger partial charge in [-0.1, -0.05) is 24.3 Å². The summed E-state index contributed by atoms with van der Waals surface area (Å²) in [6, 6.07) is 8.45. The van der Waals surface area contributed by atoms with Crippen molar-refractivity contribution in [2.45, 2.75) is 64.8 Å². The van der Waals surface area contributed by atoms with Crippen LogP contribution < -0.4 is 4.84 Å². The van der Waals surface area contributed by atoms with Gasteiger partial charge in [-0.05, 0) is 11.1 Å². The molecule has 0 amide bonds. The number of carbonyl (C=O) groups is 5. The Morgan fingerprint density at radius 1 is 0.732 bits per heavy atom. The lowest BCUT2D eigenvalue weighted by Crippen LogP contribution is -2.59. The standard InChI is InChI=1S/C26H29NO14/c1-13(28)35-12-19-23(37-14(2)29)25(39-16(4)31)24(38-15(3)30)22(40-19)18-7-5-17(6-8-18)11-36-26(34)41-27-20(32)9-10-21(27)33/h5-10,19,22-25,32-33H,11-12H2,1-4H3/t19-,22+,23-,24+,25+/m1/s1. The molecule has 0 bridgehead atoms. The highest BCUT2D eigenvalue weighted by Crippen LogP contribution is 2.37. The van der Waals surface area contributed by atoms with Crippen LogP contribution in [0.3, 0.4) is 0 Å². The number of rotatable bonds is 9. The second-order valence-corrected chi connectivity index (χ2v) is 8.84. The molecule has 2 aromatic rings. The third-order valence-electron chi connectivity index (χ3n) is 5.62. The third kappa shape index (κ3) is 8.35. The van der Waals surface area contributed by atoms with Crippen LogP contribution in [0.25, 0.3) is 0 Å². The molecule has 1 fully saturated rings. The van der Waals surface area contributed by atoms with E-state index in [1.165, 1.54) is 6.92 Å². The summed E-state index contributed by atoms with van der Waals surface area (Å²) >= 11 is 0. The zero-order chi connectivity index (χ0) is 30.3. The molecule has 222 valence electrons. The molecule has 15 heteroatoms. The van der Waals surface area contributed by atoms with Crippen LogP contribution in [-0.4, -0.2) is 76.0 Å². The summed E-state index contributed by atoms with van der Waals surface area (Å²) in [6.45, 7) is 3.93. The van der Waals surface area contributed by atoms with Crippen LogP contribution in [0.1, 0.15) is 44.9 Å². The molecule has 0 spiro atoms. The summed E-state index contributed by atoms with van der Waals surface area (Å²) in [7, 11) is 0. The molecule has 1 aromatic carbocycles. The van der Waals surface area contributed by atoms with E-state index >= 15 is 0 Å². The predicted octanol–water partition coefficient (Wildman–Crippen LogP) is 1.46. The van der Waals surface area contributed by atoms with Crippen LogP contribution in [-0.2, 0) is 54.2 Å². The average Bonchev–Trinajstić information content (AvgIpc) is 3.20. The smallest absolute Gasteiger partial charge is 0.492 e. The van der Waals surface area contributed by atoms with E-state index < -0.39 is 72.3 Å². The van der Waals surface area contributed by atoms with E-state index in [1.807, 2.05) is 0 Å². The zero-order valence-electron chi connectivity index (χ0n) is 22.5. The minimum absolute atomic E-state index is 0.263. The quantitative estimate of drug-likeness (QED) is 0.320. The molecule has 1 aromatic heterocycles. The lowest BCUT2D eigenvalue weighted by atomic mass is 9.90. The fraction of sp³-hybridized carbons (Fsp3) is 0.423. The van der Waals surface area contributed by atoms with Crippen molar-refractivity contribution in [3.63, 3.8) is 0 Å². The molecule has 0 saturated carbocycles. The highest BCUT2D eigenvalue weighted by atomic mass is 16.8. The number of esters is 4. The molecule has 15 nitrogen and oxygen atoms in total. The minimum atomic E-state index is -1.32. The third-order valence-corrected chi connectivity index (χ3v) is 5.62. The van der Waals surface area contributed by atoms with Crippen molar-refractivity contribution >= 4 is 30.0 Å². The number of nitrogens with zero attached hydrogens (tertiary/aromatic N) is 1. The molecule has 1 aliphatic heterocycles. The molecule has 1 saturated heterocycles. The summed E-state index contributed by atoms with van der Waals surface area (Å²) in [5.41, 5.74) is 0.910. The van der Waals surface area contributed by atoms with Gasteiger partial charge in [0.05, 0.1) is 0 Å². The Morgan fingerprint density at radius 3 is 1.80 bits per heavy atom. The van der Waals surface area contributed by atoms with Gasteiger partial charge in [0.25, 0.3) is 0 Å². The molecule has 0 unspecified atom stereocenters. The van der Waals surface area contributed by atoms with Crippen molar-refractivity contribution in [2.75, 3.05) is 6.61 Å². The van der Waals surface area contributed by atoms with Crippen LogP contribution in [0.4, 0.5) is 4.79 Å². The Balaban J connectivity index is 1.84. The fourth-order valence-corrected chi connectivity index (χ4v) is 4.04. The number of aromatic hydroxyl groups is 2. The Labute approximate surface area is 233 Å². The first-order valence-corrected chi connectivity index (χ1v) is 12.2. The van der Waals surface area contributed by atoms with E-state index in [9.17, 15) is 34.2 Å². The van der Waals surface area contributed by atoms with E-state index in [0.717, 1.165) is 32.9 Å². The first-order valence-electron chi connectivity index (χ1n) is 12.2. The molecular formula is C26H29NO14. The van der Waals surface area contributed by atoms with Crippen LogP contribution in [0, 0.1) is 0 Å². The molecule has 2 heterocycles. The van der Waals surface area contributed by atoms with Gasteiger partial charge in [-0.25, -0.2) is 4.79 Å². The molecular weight excluding hydrogens is 550 g/mol. The maximum Gasteiger partial charge on any atom is 0.534 e. The summed E-state index contributed by atoms with van der Waals surface area (Å²) < 4.78 is 32.9. The Hall–Kier alpha value is -4.79. The molecule has 5 atom stereocenters. The summed E-state index contributed by atoms with van der Waals surface area (Å²) in [6.07, 6.45) is -7.27. The summed E-state index contributed by atoms with van der Waals surface area (Å²) in [5, 5.41) is 19.1. The predicted molar refractivity (Wildman–Crippen MR) is 132 cm³/mol. The molecule has 41 heavy (non-hydrogen) atoms. The second-order valence-electron chi connectivity index (χ2n) is 8.84. The highest BCUT2D eigenvalue weighted by molar-refractivity contribution is 5.69. The zero-order valence-corrected chi connectivity index (χ0v) is 22.5. The van der Waals surface area contributed by atoms with Crippen LogP contribution in [0.5, 0.6) is 11.8 Å². The highest BCUT2D eigenvalue weighted by Gasteiger charge is 2.52. The van der Waals surface area contributed by atoms with Crippen molar-refractivity contribution in [1.82, 2.24) is 4.73 Å². The summed E-state index contributed by atoms with van der Waals surface area (Å²) in [5.74, 6) is -3.90. The Morgan fingerprint density at radius 2 is 1.27 bits per heavy atom. The number of benzene rings is 1. The number of hydrogen-bond donors (Lipinski definition) is 2. The Kier molecular flexibility index (Phi) is 10.1. The molecule has 3 rings (SSSR count). The van der Waals surface area contributed by atoms with Gasteiger partial charge >= 0.3 is 30.0 Å².